The minimum absolute atomic E-state index is 0.519. The Labute approximate surface area is 193 Å². The molecule has 1 fully saturated rings. The molecule has 2 aliphatic rings. The van der Waals surface area contributed by atoms with Crippen molar-refractivity contribution < 1.29 is 0 Å². The normalized spacial score (nSPS) is 17.4. The van der Waals surface area contributed by atoms with E-state index in [1.165, 1.54) is 46.0 Å². The second-order valence-electron chi connectivity index (χ2n) is 8.71. The molecule has 0 saturated carbocycles. The molecule has 2 aliphatic heterocycles. The predicted molar refractivity (Wildman–Crippen MR) is 128 cm³/mol. The van der Waals surface area contributed by atoms with E-state index in [0.29, 0.717) is 5.92 Å². The van der Waals surface area contributed by atoms with Gasteiger partial charge in [-0.05, 0) is 76.0 Å². The summed E-state index contributed by atoms with van der Waals surface area (Å²) in [4.78, 5) is 5.45. The fourth-order valence-electron chi connectivity index (χ4n) is 4.91. The van der Waals surface area contributed by atoms with Crippen LogP contribution in [0.3, 0.4) is 0 Å². The van der Waals surface area contributed by atoms with Crippen molar-refractivity contribution in [2.24, 2.45) is 0 Å². The number of thiophene rings is 1. The van der Waals surface area contributed by atoms with Crippen molar-refractivity contribution in [3.8, 4) is 11.4 Å². The summed E-state index contributed by atoms with van der Waals surface area (Å²) in [5.41, 5.74) is 2.67. The third-order valence-corrected chi connectivity index (χ3v) is 8.05. The minimum atomic E-state index is 0.519. The highest BCUT2D eigenvalue weighted by atomic mass is 35.5. The lowest BCUT2D eigenvalue weighted by atomic mass is 9.95. The van der Waals surface area contributed by atoms with Crippen LogP contribution < -0.4 is 5.32 Å². The molecule has 1 N–H and O–H groups in total. The number of nitrogens with zero attached hydrogens (tertiary/aromatic N) is 4. The molecule has 0 aliphatic carbocycles. The molecule has 0 spiro atoms. The Hall–Kier alpha value is -1.73. The van der Waals surface area contributed by atoms with Crippen LogP contribution >= 0.6 is 22.9 Å². The van der Waals surface area contributed by atoms with E-state index in [9.17, 15) is 0 Å². The molecular formula is C24H30ClN5S. The van der Waals surface area contributed by atoms with Crippen molar-refractivity contribution in [2.45, 2.75) is 51.1 Å². The molecule has 5 nitrogen and oxygen atoms in total. The van der Waals surface area contributed by atoms with Gasteiger partial charge in [-0.25, -0.2) is 0 Å². The summed E-state index contributed by atoms with van der Waals surface area (Å²) in [6.45, 7) is 5.34. The molecule has 7 heteroatoms. The number of piperidine rings is 1. The van der Waals surface area contributed by atoms with Crippen molar-refractivity contribution in [2.75, 3.05) is 26.7 Å². The van der Waals surface area contributed by atoms with Crippen LogP contribution in [0.4, 0.5) is 0 Å². The second kappa shape index (κ2) is 9.41. The van der Waals surface area contributed by atoms with E-state index in [2.05, 4.69) is 38.1 Å². The van der Waals surface area contributed by atoms with Crippen LogP contribution in [0.15, 0.2) is 30.3 Å². The molecule has 4 heterocycles. The van der Waals surface area contributed by atoms with E-state index < -0.39 is 0 Å². The first-order chi connectivity index (χ1) is 15.2. The monoisotopic (exact) mass is 455 g/mol. The highest BCUT2D eigenvalue weighted by molar-refractivity contribution is 7.12. The molecular weight excluding hydrogens is 426 g/mol. The van der Waals surface area contributed by atoms with Crippen LogP contribution in [0.25, 0.3) is 11.4 Å². The number of hydrogen-bond donors (Lipinski definition) is 1. The maximum absolute atomic E-state index is 6.00. The van der Waals surface area contributed by atoms with Crippen LogP contribution in [0.2, 0.25) is 5.02 Å². The highest BCUT2D eigenvalue weighted by Crippen LogP contribution is 2.37. The SMILES string of the molecule is CNCc1cc2c(s1)CCCn1c-2nnc1C1CCN(CCc2ccc(Cl)cc2)CC1. The molecule has 1 saturated heterocycles. The van der Waals surface area contributed by atoms with E-state index in [1.807, 2.05) is 30.5 Å². The lowest BCUT2D eigenvalue weighted by molar-refractivity contribution is 0.209. The van der Waals surface area contributed by atoms with Gasteiger partial charge in [0.05, 0.1) is 0 Å². The Balaban J connectivity index is 1.24. The molecule has 0 atom stereocenters. The molecule has 0 unspecified atom stereocenters. The van der Waals surface area contributed by atoms with Gasteiger partial charge < -0.3 is 14.8 Å². The lowest BCUT2D eigenvalue weighted by Gasteiger charge is -2.31. The second-order valence-corrected chi connectivity index (χ2v) is 10.4. The number of fused-ring (bicyclic) bond motifs is 3. The average Bonchev–Trinajstić information content (AvgIpc) is 3.34. The summed E-state index contributed by atoms with van der Waals surface area (Å²) < 4.78 is 2.43. The molecule has 3 aromatic rings. The fourth-order valence-corrected chi connectivity index (χ4v) is 6.25. The number of rotatable bonds is 6. The van der Waals surface area contributed by atoms with Gasteiger partial charge >= 0.3 is 0 Å². The van der Waals surface area contributed by atoms with Crippen LogP contribution in [0.1, 0.15) is 46.3 Å². The first-order valence-corrected chi connectivity index (χ1v) is 12.6. The van der Waals surface area contributed by atoms with Crippen LogP contribution in [-0.4, -0.2) is 46.3 Å². The number of aryl methyl sites for hydroxylation is 1. The summed E-state index contributed by atoms with van der Waals surface area (Å²) in [6, 6.07) is 10.6. The number of aromatic nitrogens is 3. The van der Waals surface area contributed by atoms with Crippen LogP contribution in [-0.2, 0) is 25.9 Å². The average molecular weight is 456 g/mol. The quantitative estimate of drug-likeness (QED) is 0.582. The lowest BCUT2D eigenvalue weighted by Crippen LogP contribution is -2.35. The standard InChI is InChI=1S/C24H30ClN5S/c1-26-16-20-15-21-22(31-20)3-2-11-30-23(27-28-24(21)30)18-9-13-29(14-10-18)12-8-17-4-6-19(25)7-5-17/h4-7,15,18,26H,2-3,8-14,16H2,1H3. The Morgan fingerprint density at radius 3 is 2.71 bits per heavy atom. The summed E-state index contributed by atoms with van der Waals surface area (Å²) >= 11 is 7.93. The molecule has 0 radical (unpaired) electrons. The Kier molecular flexibility index (Phi) is 6.41. The van der Waals surface area contributed by atoms with E-state index in [-0.39, 0.29) is 0 Å². The topological polar surface area (TPSA) is 46.0 Å². The number of likely N-dealkylation sites (tertiary alicyclic amines) is 1. The molecule has 1 aromatic carbocycles. The van der Waals surface area contributed by atoms with Gasteiger partial charge in [-0.2, -0.15) is 0 Å². The Morgan fingerprint density at radius 1 is 1.13 bits per heavy atom. The van der Waals surface area contributed by atoms with E-state index in [1.54, 1.807) is 0 Å². The Morgan fingerprint density at radius 2 is 1.94 bits per heavy atom. The van der Waals surface area contributed by atoms with E-state index in [4.69, 9.17) is 16.7 Å². The molecule has 31 heavy (non-hydrogen) atoms. The first-order valence-electron chi connectivity index (χ1n) is 11.4. The molecule has 2 aromatic heterocycles. The number of hydrogen-bond acceptors (Lipinski definition) is 5. The zero-order valence-corrected chi connectivity index (χ0v) is 19.7. The molecule has 0 bridgehead atoms. The summed E-state index contributed by atoms with van der Waals surface area (Å²) in [7, 11) is 2.01. The van der Waals surface area contributed by atoms with Gasteiger partial charge in [-0.1, -0.05) is 23.7 Å². The number of nitrogens with one attached hydrogen (secondary N) is 1. The maximum atomic E-state index is 6.00. The number of benzene rings is 1. The van der Waals surface area contributed by atoms with Crippen LogP contribution in [0.5, 0.6) is 0 Å². The molecule has 5 rings (SSSR count). The van der Waals surface area contributed by atoms with Crippen molar-refractivity contribution >= 4 is 22.9 Å². The molecule has 164 valence electrons. The Bertz CT molecular complexity index is 1020. The van der Waals surface area contributed by atoms with Crippen LogP contribution in [0, 0.1) is 0 Å². The first kappa shape index (κ1) is 21.1. The molecule has 0 amide bonds. The van der Waals surface area contributed by atoms with Gasteiger partial charge in [0.15, 0.2) is 5.82 Å². The highest BCUT2D eigenvalue weighted by Gasteiger charge is 2.28. The van der Waals surface area contributed by atoms with Gasteiger partial charge in [0.1, 0.15) is 5.82 Å². The van der Waals surface area contributed by atoms with Crippen molar-refractivity contribution in [3.05, 3.63) is 56.5 Å². The van der Waals surface area contributed by atoms with E-state index in [0.717, 1.165) is 56.4 Å². The van der Waals surface area contributed by atoms with Crippen molar-refractivity contribution in [1.82, 2.24) is 25.0 Å². The predicted octanol–water partition coefficient (Wildman–Crippen LogP) is 4.75. The largest absolute Gasteiger partial charge is 0.315 e. The smallest absolute Gasteiger partial charge is 0.165 e. The maximum Gasteiger partial charge on any atom is 0.165 e. The third kappa shape index (κ3) is 4.58. The van der Waals surface area contributed by atoms with Crippen molar-refractivity contribution in [3.63, 3.8) is 0 Å². The fraction of sp³-hybridized carbons (Fsp3) is 0.500. The zero-order valence-electron chi connectivity index (χ0n) is 18.1. The zero-order chi connectivity index (χ0) is 21.2. The summed E-state index contributed by atoms with van der Waals surface area (Å²) in [5, 5.41) is 13.5. The minimum Gasteiger partial charge on any atom is -0.315 e. The van der Waals surface area contributed by atoms with Gasteiger partial charge in [0.25, 0.3) is 0 Å². The third-order valence-electron chi connectivity index (χ3n) is 6.60. The van der Waals surface area contributed by atoms with E-state index >= 15 is 0 Å². The van der Waals surface area contributed by atoms with Gasteiger partial charge in [0.2, 0.25) is 0 Å². The van der Waals surface area contributed by atoms with Crippen molar-refractivity contribution in [1.29, 1.82) is 0 Å². The summed E-state index contributed by atoms with van der Waals surface area (Å²) in [5.74, 6) is 2.82. The summed E-state index contributed by atoms with van der Waals surface area (Å²) in [6.07, 6.45) is 5.73. The van der Waals surface area contributed by atoms with Gasteiger partial charge in [-0.15, -0.1) is 21.5 Å². The number of halogens is 1. The van der Waals surface area contributed by atoms with Gasteiger partial charge in [0, 0.05) is 45.9 Å². The van der Waals surface area contributed by atoms with Gasteiger partial charge in [-0.3, -0.25) is 0 Å².